The summed E-state index contributed by atoms with van der Waals surface area (Å²) in [4.78, 5) is 40.3. The molecule has 34 heavy (non-hydrogen) atoms. The zero-order valence-corrected chi connectivity index (χ0v) is 18.6. The maximum atomic E-state index is 13.2. The number of fused-ring (bicyclic) bond motifs is 1. The van der Waals surface area contributed by atoms with Crippen molar-refractivity contribution in [3.8, 4) is 11.5 Å². The molecule has 1 atom stereocenters. The fraction of sp³-hybridized carbons (Fsp3) is 0.320. The predicted molar refractivity (Wildman–Crippen MR) is 122 cm³/mol. The number of carbonyl (C=O) groups is 3. The number of likely N-dealkylation sites (tertiary alicyclic amines) is 1. The summed E-state index contributed by atoms with van der Waals surface area (Å²) in [6, 6.07) is 9.44. The van der Waals surface area contributed by atoms with E-state index in [-0.39, 0.29) is 36.6 Å². The third-order valence-corrected chi connectivity index (χ3v) is 6.01. The van der Waals surface area contributed by atoms with E-state index in [1.165, 1.54) is 24.3 Å². The quantitative estimate of drug-likeness (QED) is 0.610. The molecule has 0 saturated carbocycles. The van der Waals surface area contributed by atoms with E-state index in [1.807, 2.05) is 0 Å². The van der Waals surface area contributed by atoms with Crippen LogP contribution in [-0.4, -0.2) is 55.1 Å². The van der Waals surface area contributed by atoms with Crippen LogP contribution in [0.5, 0.6) is 11.5 Å². The molecule has 1 fully saturated rings. The van der Waals surface area contributed by atoms with Crippen LogP contribution in [-0.2, 0) is 4.79 Å². The summed E-state index contributed by atoms with van der Waals surface area (Å²) < 4.78 is 23.9. The minimum atomic E-state index is -0.791. The zero-order valence-electron chi connectivity index (χ0n) is 18.6. The standard InChI is InChI=1S/C25H26FN3O5/c1-2-11-27-24(31)22(28-23(30)17-3-6-19(26)7-4-17)16-9-12-29(13-10-16)25(32)18-5-8-20-21(14-18)34-15-33-20/h2-8,14,16,22H,1,9-13,15H2,(H,27,31)(H,28,30). The van der Waals surface area contributed by atoms with Crippen molar-refractivity contribution in [2.75, 3.05) is 26.4 Å². The van der Waals surface area contributed by atoms with Crippen LogP contribution in [0.3, 0.4) is 0 Å². The SMILES string of the molecule is C=CCNC(=O)C(NC(=O)c1ccc(F)cc1)C1CCN(C(=O)c2ccc3c(c2)OCO3)CC1. The molecule has 0 aromatic heterocycles. The molecular formula is C25H26FN3O5. The molecule has 2 aromatic carbocycles. The Morgan fingerprint density at radius 2 is 1.74 bits per heavy atom. The molecule has 3 amide bonds. The van der Waals surface area contributed by atoms with Crippen molar-refractivity contribution >= 4 is 17.7 Å². The number of rotatable bonds is 7. The van der Waals surface area contributed by atoms with E-state index in [1.54, 1.807) is 29.2 Å². The van der Waals surface area contributed by atoms with Gasteiger partial charge in [0.2, 0.25) is 12.7 Å². The van der Waals surface area contributed by atoms with Gasteiger partial charge in [-0.2, -0.15) is 0 Å². The number of hydrogen-bond donors (Lipinski definition) is 2. The van der Waals surface area contributed by atoms with Gasteiger partial charge in [0.1, 0.15) is 11.9 Å². The second-order valence-corrected chi connectivity index (χ2v) is 8.19. The highest BCUT2D eigenvalue weighted by Gasteiger charge is 2.34. The van der Waals surface area contributed by atoms with Gasteiger partial charge in [0.05, 0.1) is 0 Å². The molecule has 8 nitrogen and oxygen atoms in total. The number of piperidine rings is 1. The molecule has 0 bridgehead atoms. The van der Waals surface area contributed by atoms with E-state index in [4.69, 9.17) is 9.47 Å². The van der Waals surface area contributed by atoms with Crippen molar-refractivity contribution in [1.29, 1.82) is 0 Å². The zero-order chi connectivity index (χ0) is 24.1. The summed E-state index contributed by atoms with van der Waals surface area (Å²) in [6.07, 6.45) is 2.63. The van der Waals surface area contributed by atoms with E-state index in [0.717, 1.165) is 0 Å². The van der Waals surface area contributed by atoms with Gasteiger partial charge in [-0.1, -0.05) is 6.08 Å². The summed E-state index contributed by atoms with van der Waals surface area (Å²) >= 11 is 0. The van der Waals surface area contributed by atoms with Gasteiger partial charge in [0, 0.05) is 30.8 Å². The van der Waals surface area contributed by atoms with Crippen molar-refractivity contribution in [2.45, 2.75) is 18.9 Å². The molecule has 9 heteroatoms. The van der Waals surface area contributed by atoms with Crippen molar-refractivity contribution in [1.82, 2.24) is 15.5 Å². The molecule has 2 aromatic rings. The number of hydrogen-bond acceptors (Lipinski definition) is 5. The maximum Gasteiger partial charge on any atom is 0.253 e. The molecule has 2 aliphatic heterocycles. The molecule has 1 unspecified atom stereocenters. The Morgan fingerprint density at radius 1 is 1.06 bits per heavy atom. The van der Waals surface area contributed by atoms with Gasteiger partial charge in [-0.25, -0.2) is 4.39 Å². The lowest BCUT2D eigenvalue weighted by Gasteiger charge is -2.35. The first-order chi connectivity index (χ1) is 16.5. The number of nitrogens with zero attached hydrogens (tertiary/aromatic N) is 1. The fourth-order valence-corrected chi connectivity index (χ4v) is 4.15. The Hall–Kier alpha value is -3.88. The molecule has 0 aliphatic carbocycles. The number of benzene rings is 2. The molecule has 2 heterocycles. The summed E-state index contributed by atoms with van der Waals surface area (Å²) in [7, 11) is 0. The van der Waals surface area contributed by atoms with Gasteiger partial charge in [-0.3, -0.25) is 14.4 Å². The summed E-state index contributed by atoms with van der Waals surface area (Å²) in [5.41, 5.74) is 0.769. The Labute approximate surface area is 196 Å². The molecule has 2 aliphatic rings. The third-order valence-electron chi connectivity index (χ3n) is 6.01. The number of amides is 3. The van der Waals surface area contributed by atoms with Gasteiger partial charge in [-0.15, -0.1) is 6.58 Å². The van der Waals surface area contributed by atoms with Crippen LogP contribution in [0.15, 0.2) is 55.1 Å². The van der Waals surface area contributed by atoms with Crippen molar-refractivity contribution in [3.05, 3.63) is 72.1 Å². The van der Waals surface area contributed by atoms with E-state index in [2.05, 4.69) is 17.2 Å². The van der Waals surface area contributed by atoms with Gasteiger partial charge in [0.25, 0.3) is 11.8 Å². The second kappa shape index (κ2) is 10.4. The molecule has 2 N–H and O–H groups in total. The summed E-state index contributed by atoms with van der Waals surface area (Å²) in [6.45, 7) is 4.89. The second-order valence-electron chi connectivity index (χ2n) is 8.19. The Balaban J connectivity index is 1.41. The van der Waals surface area contributed by atoms with Gasteiger partial charge in [0.15, 0.2) is 11.5 Å². The lowest BCUT2D eigenvalue weighted by Crippen LogP contribution is -2.53. The van der Waals surface area contributed by atoms with Crippen molar-refractivity contribution in [2.24, 2.45) is 5.92 Å². The predicted octanol–water partition coefficient (Wildman–Crippen LogP) is 2.51. The van der Waals surface area contributed by atoms with Crippen LogP contribution in [0.1, 0.15) is 33.6 Å². The smallest absolute Gasteiger partial charge is 0.253 e. The lowest BCUT2D eigenvalue weighted by atomic mass is 9.88. The van der Waals surface area contributed by atoms with Crippen molar-refractivity contribution < 1.29 is 28.2 Å². The first-order valence-corrected chi connectivity index (χ1v) is 11.1. The monoisotopic (exact) mass is 467 g/mol. The molecule has 0 spiro atoms. The highest BCUT2D eigenvalue weighted by atomic mass is 19.1. The van der Waals surface area contributed by atoms with E-state index < -0.39 is 17.8 Å². The average Bonchev–Trinajstić information content (AvgIpc) is 3.34. The Bertz CT molecular complexity index is 1080. The molecular weight excluding hydrogens is 441 g/mol. The van der Waals surface area contributed by atoms with Crippen LogP contribution in [0.4, 0.5) is 4.39 Å². The number of carbonyl (C=O) groups excluding carboxylic acids is 3. The van der Waals surface area contributed by atoms with E-state index in [9.17, 15) is 18.8 Å². The summed E-state index contributed by atoms with van der Waals surface area (Å²) in [5, 5.41) is 5.53. The van der Waals surface area contributed by atoms with Gasteiger partial charge < -0.3 is 25.0 Å². The van der Waals surface area contributed by atoms with Crippen LogP contribution in [0.25, 0.3) is 0 Å². The average molecular weight is 467 g/mol. The van der Waals surface area contributed by atoms with Crippen molar-refractivity contribution in [3.63, 3.8) is 0 Å². The lowest BCUT2D eigenvalue weighted by molar-refractivity contribution is -0.124. The summed E-state index contributed by atoms with van der Waals surface area (Å²) in [5.74, 6) is -0.372. The first-order valence-electron chi connectivity index (χ1n) is 11.1. The minimum Gasteiger partial charge on any atom is -0.454 e. The number of nitrogens with one attached hydrogen (secondary N) is 2. The van der Waals surface area contributed by atoms with Gasteiger partial charge >= 0.3 is 0 Å². The fourth-order valence-electron chi connectivity index (χ4n) is 4.15. The molecule has 4 rings (SSSR count). The van der Waals surface area contributed by atoms with Crippen LogP contribution in [0.2, 0.25) is 0 Å². The van der Waals surface area contributed by atoms with E-state index in [0.29, 0.717) is 43.0 Å². The van der Waals surface area contributed by atoms with Crippen LogP contribution < -0.4 is 20.1 Å². The molecule has 0 radical (unpaired) electrons. The first kappa shape index (κ1) is 23.3. The largest absolute Gasteiger partial charge is 0.454 e. The van der Waals surface area contributed by atoms with Crippen LogP contribution in [0, 0.1) is 11.7 Å². The van der Waals surface area contributed by atoms with Gasteiger partial charge in [-0.05, 0) is 61.2 Å². The highest BCUT2D eigenvalue weighted by molar-refractivity contribution is 5.98. The molecule has 178 valence electrons. The maximum absolute atomic E-state index is 13.2. The Morgan fingerprint density at radius 3 is 2.44 bits per heavy atom. The third kappa shape index (κ3) is 5.19. The van der Waals surface area contributed by atoms with E-state index >= 15 is 0 Å². The topological polar surface area (TPSA) is 97.0 Å². The highest BCUT2D eigenvalue weighted by Crippen LogP contribution is 2.33. The minimum absolute atomic E-state index is 0.125. The molecule has 1 saturated heterocycles. The normalized spacial score (nSPS) is 16.0. The number of halogens is 1. The number of ether oxygens (including phenoxy) is 2. The Kier molecular flexibility index (Phi) is 7.10. The van der Waals surface area contributed by atoms with Crippen LogP contribution >= 0.6 is 0 Å².